The molecule has 0 aliphatic rings. The molecule has 1 nitrogen and oxygen atoms in total. The molecule has 0 radical (unpaired) electrons. The highest BCUT2D eigenvalue weighted by Gasteiger charge is 2.18. The number of benzene rings is 2. The molecule has 1 N–H and O–H groups in total. The second kappa shape index (κ2) is 7.73. The van der Waals surface area contributed by atoms with Crippen LogP contribution < -0.4 is 5.32 Å². The molecule has 1 atom stereocenters. The van der Waals surface area contributed by atoms with E-state index in [2.05, 4.69) is 37.2 Å². The van der Waals surface area contributed by atoms with Crippen molar-refractivity contribution in [2.24, 2.45) is 0 Å². The van der Waals surface area contributed by atoms with Gasteiger partial charge in [0.15, 0.2) is 0 Å². The molecular weight excluding hydrogens is 420 g/mol. The molecular formula is C16H15Br2ClFN. The van der Waals surface area contributed by atoms with E-state index in [1.807, 2.05) is 31.2 Å². The van der Waals surface area contributed by atoms with Crippen molar-refractivity contribution in [1.82, 2.24) is 5.32 Å². The van der Waals surface area contributed by atoms with E-state index in [1.165, 1.54) is 0 Å². The van der Waals surface area contributed by atoms with Crippen LogP contribution in [0.2, 0.25) is 5.02 Å². The van der Waals surface area contributed by atoms with Crippen LogP contribution in [-0.4, -0.2) is 6.54 Å². The van der Waals surface area contributed by atoms with Crippen molar-refractivity contribution >= 4 is 43.5 Å². The first-order chi connectivity index (χ1) is 10.0. The molecule has 0 saturated heterocycles. The number of hydrogen-bond acceptors (Lipinski definition) is 1. The minimum Gasteiger partial charge on any atom is -0.310 e. The Morgan fingerprint density at radius 1 is 1.24 bits per heavy atom. The molecule has 0 fully saturated rings. The minimum absolute atomic E-state index is 0.119. The lowest BCUT2D eigenvalue weighted by Crippen LogP contribution is -2.24. The average molecular weight is 436 g/mol. The lowest BCUT2D eigenvalue weighted by Gasteiger charge is -2.20. The minimum atomic E-state index is -0.225. The Morgan fingerprint density at radius 3 is 2.67 bits per heavy atom. The maximum Gasteiger partial charge on any atom is 0.142 e. The normalized spacial score (nSPS) is 12.4. The van der Waals surface area contributed by atoms with Gasteiger partial charge in [-0.05, 0) is 52.7 Å². The summed E-state index contributed by atoms with van der Waals surface area (Å²) in [6.45, 7) is 2.76. The van der Waals surface area contributed by atoms with Gasteiger partial charge in [0.2, 0.25) is 0 Å². The fourth-order valence-electron chi connectivity index (χ4n) is 2.24. The van der Waals surface area contributed by atoms with E-state index in [0.29, 0.717) is 21.5 Å². The summed E-state index contributed by atoms with van der Waals surface area (Å²) < 4.78 is 15.7. The summed E-state index contributed by atoms with van der Waals surface area (Å²) in [5.74, 6) is -0.225. The summed E-state index contributed by atoms with van der Waals surface area (Å²) >= 11 is 12.9. The van der Waals surface area contributed by atoms with Crippen molar-refractivity contribution in [3.63, 3.8) is 0 Å². The van der Waals surface area contributed by atoms with E-state index >= 15 is 0 Å². The summed E-state index contributed by atoms with van der Waals surface area (Å²) in [6.07, 6.45) is 0.632. The Balaban J connectivity index is 2.33. The van der Waals surface area contributed by atoms with Crippen LogP contribution in [-0.2, 0) is 6.42 Å². The van der Waals surface area contributed by atoms with Crippen molar-refractivity contribution in [3.05, 3.63) is 67.3 Å². The van der Waals surface area contributed by atoms with Crippen molar-refractivity contribution in [2.45, 2.75) is 19.4 Å². The molecule has 2 rings (SSSR count). The molecule has 0 spiro atoms. The van der Waals surface area contributed by atoms with Crippen LogP contribution in [0.1, 0.15) is 24.1 Å². The van der Waals surface area contributed by atoms with E-state index < -0.39 is 0 Å². The summed E-state index contributed by atoms with van der Waals surface area (Å²) in [5.41, 5.74) is 1.63. The Bertz CT molecular complexity index is 634. The Labute approximate surface area is 146 Å². The predicted molar refractivity (Wildman–Crippen MR) is 93.4 cm³/mol. The fourth-order valence-corrected chi connectivity index (χ4v) is 3.37. The van der Waals surface area contributed by atoms with Gasteiger partial charge in [0.05, 0.1) is 4.47 Å². The molecule has 112 valence electrons. The molecule has 0 aliphatic heterocycles. The third-order valence-corrected chi connectivity index (χ3v) is 4.70. The maximum atomic E-state index is 14.3. The highest BCUT2D eigenvalue weighted by atomic mass is 79.9. The second-order valence-corrected chi connectivity index (χ2v) is 6.87. The lowest BCUT2D eigenvalue weighted by atomic mass is 9.98. The molecule has 0 heterocycles. The van der Waals surface area contributed by atoms with E-state index in [9.17, 15) is 4.39 Å². The number of rotatable bonds is 5. The van der Waals surface area contributed by atoms with E-state index in [1.54, 1.807) is 12.1 Å². The van der Waals surface area contributed by atoms with Crippen LogP contribution in [0.15, 0.2) is 45.3 Å². The molecule has 21 heavy (non-hydrogen) atoms. The van der Waals surface area contributed by atoms with Gasteiger partial charge in [0, 0.05) is 21.1 Å². The largest absolute Gasteiger partial charge is 0.310 e. The lowest BCUT2D eigenvalue weighted by molar-refractivity contribution is 0.507. The number of likely N-dealkylation sites (N-methyl/N-ethyl adjacent to an activating group) is 1. The predicted octanol–water partition coefficient (Wildman–Crippen LogP) is 5.90. The zero-order valence-electron chi connectivity index (χ0n) is 11.5. The van der Waals surface area contributed by atoms with Crippen LogP contribution in [0.3, 0.4) is 0 Å². The van der Waals surface area contributed by atoms with Gasteiger partial charge in [-0.3, -0.25) is 0 Å². The molecule has 0 aromatic heterocycles. The van der Waals surface area contributed by atoms with Crippen molar-refractivity contribution in [2.75, 3.05) is 6.54 Å². The SMILES string of the molecule is CCNC(Cc1ccc(Br)cc1Cl)c1cccc(Br)c1F. The quantitative estimate of drug-likeness (QED) is 0.617. The molecule has 2 aromatic carbocycles. The first kappa shape index (κ1) is 16.9. The first-order valence-corrected chi connectivity index (χ1v) is 8.60. The van der Waals surface area contributed by atoms with Crippen molar-refractivity contribution in [1.29, 1.82) is 0 Å². The molecule has 0 aliphatic carbocycles. The Hall–Kier alpha value is -0.420. The van der Waals surface area contributed by atoms with Gasteiger partial charge >= 0.3 is 0 Å². The molecule has 5 heteroatoms. The van der Waals surface area contributed by atoms with Crippen LogP contribution in [0, 0.1) is 5.82 Å². The highest BCUT2D eigenvalue weighted by Crippen LogP contribution is 2.29. The number of hydrogen-bond donors (Lipinski definition) is 1. The smallest absolute Gasteiger partial charge is 0.142 e. The topological polar surface area (TPSA) is 12.0 Å². The summed E-state index contributed by atoms with van der Waals surface area (Å²) in [6, 6.07) is 11.0. The summed E-state index contributed by atoms with van der Waals surface area (Å²) in [5, 5.41) is 4.01. The van der Waals surface area contributed by atoms with Crippen molar-refractivity contribution in [3.8, 4) is 0 Å². The molecule has 0 bridgehead atoms. The van der Waals surface area contributed by atoms with Gasteiger partial charge in [-0.2, -0.15) is 0 Å². The first-order valence-electron chi connectivity index (χ1n) is 6.64. The third kappa shape index (κ3) is 4.28. The van der Waals surface area contributed by atoms with Gasteiger partial charge in [-0.1, -0.05) is 52.7 Å². The standard InChI is InChI=1S/C16H15Br2ClFN/c1-2-21-15(12-4-3-5-13(18)16(12)20)8-10-6-7-11(17)9-14(10)19/h3-7,9,15,21H,2,8H2,1H3. The summed E-state index contributed by atoms with van der Waals surface area (Å²) in [7, 11) is 0. The highest BCUT2D eigenvalue weighted by molar-refractivity contribution is 9.10. The average Bonchev–Trinajstić information content (AvgIpc) is 2.44. The fraction of sp³-hybridized carbons (Fsp3) is 0.250. The van der Waals surface area contributed by atoms with Crippen LogP contribution in [0.25, 0.3) is 0 Å². The van der Waals surface area contributed by atoms with Crippen LogP contribution >= 0.6 is 43.5 Å². The van der Waals surface area contributed by atoms with E-state index in [4.69, 9.17) is 11.6 Å². The van der Waals surface area contributed by atoms with Crippen LogP contribution in [0.5, 0.6) is 0 Å². The number of nitrogens with one attached hydrogen (secondary N) is 1. The van der Waals surface area contributed by atoms with Gasteiger partial charge in [-0.25, -0.2) is 4.39 Å². The van der Waals surface area contributed by atoms with Crippen LogP contribution in [0.4, 0.5) is 4.39 Å². The third-order valence-electron chi connectivity index (χ3n) is 3.25. The van der Waals surface area contributed by atoms with E-state index in [-0.39, 0.29) is 11.9 Å². The summed E-state index contributed by atoms with van der Waals surface area (Å²) in [4.78, 5) is 0. The molecule has 0 amide bonds. The van der Waals surface area contributed by atoms with E-state index in [0.717, 1.165) is 16.6 Å². The zero-order valence-corrected chi connectivity index (χ0v) is 15.4. The number of halogens is 4. The van der Waals surface area contributed by atoms with Gasteiger partial charge < -0.3 is 5.32 Å². The maximum absolute atomic E-state index is 14.3. The molecule has 2 aromatic rings. The van der Waals surface area contributed by atoms with Gasteiger partial charge in [0.25, 0.3) is 0 Å². The molecule has 0 saturated carbocycles. The van der Waals surface area contributed by atoms with Crippen molar-refractivity contribution < 1.29 is 4.39 Å². The van der Waals surface area contributed by atoms with Gasteiger partial charge in [-0.15, -0.1) is 0 Å². The Morgan fingerprint density at radius 2 is 2.00 bits per heavy atom. The second-order valence-electron chi connectivity index (χ2n) is 4.69. The van der Waals surface area contributed by atoms with Gasteiger partial charge in [0.1, 0.15) is 5.82 Å². The zero-order chi connectivity index (χ0) is 15.4. The Kier molecular flexibility index (Phi) is 6.23. The molecule has 1 unspecified atom stereocenters. The monoisotopic (exact) mass is 433 g/mol.